The van der Waals surface area contributed by atoms with E-state index >= 15 is 0 Å². The molecule has 0 unspecified atom stereocenters. The molecule has 23 heavy (non-hydrogen) atoms. The van der Waals surface area contributed by atoms with Crippen molar-refractivity contribution < 1.29 is 24.6 Å². The minimum atomic E-state index is -0.480. The van der Waals surface area contributed by atoms with Crippen LogP contribution < -0.4 is 14.8 Å². The van der Waals surface area contributed by atoms with Gasteiger partial charge in [0.05, 0.1) is 13.2 Å². The summed E-state index contributed by atoms with van der Waals surface area (Å²) in [6.45, 7) is 2.78. The van der Waals surface area contributed by atoms with Crippen molar-refractivity contribution in [2.24, 2.45) is 0 Å². The third kappa shape index (κ3) is 4.94. The molecule has 0 spiro atoms. The van der Waals surface area contributed by atoms with E-state index in [1.54, 1.807) is 11.3 Å². The number of nitrogens with two attached hydrogens (primary N) is 1. The van der Waals surface area contributed by atoms with E-state index in [0.29, 0.717) is 26.4 Å². The van der Waals surface area contributed by atoms with Crippen LogP contribution in [0.4, 0.5) is 0 Å². The van der Waals surface area contributed by atoms with Crippen LogP contribution in [0.15, 0.2) is 41.8 Å². The zero-order valence-corrected chi connectivity index (χ0v) is 13.7. The predicted octanol–water partition coefficient (Wildman–Crippen LogP) is 1.03. The molecule has 3 rings (SSSR count). The normalized spacial score (nSPS) is 17.9. The molecule has 0 amide bonds. The molecular weight excluding hydrogens is 314 g/mol. The smallest absolute Gasteiger partial charge is 0.181 e. The molecule has 0 aliphatic carbocycles. The number of benzene rings is 1. The Balaban J connectivity index is 1.30. The lowest BCUT2D eigenvalue weighted by atomic mass is 10.2. The van der Waals surface area contributed by atoms with Gasteiger partial charge >= 0.3 is 0 Å². The highest BCUT2D eigenvalue weighted by Gasteiger charge is 2.22. The minimum Gasteiger partial charge on any atom is -0.486 e. The first-order valence-electron chi connectivity index (χ1n) is 7.79. The Bertz CT molecular complexity index is 590. The highest BCUT2D eigenvalue weighted by atomic mass is 32.1. The fourth-order valence-electron chi connectivity index (χ4n) is 2.41. The summed E-state index contributed by atoms with van der Waals surface area (Å²) in [5.74, 6) is 1.59. The lowest BCUT2D eigenvalue weighted by Crippen LogP contribution is -2.89. The Hall–Kier alpha value is -1.60. The van der Waals surface area contributed by atoms with Gasteiger partial charge in [0.15, 0.2) is 17.6 Å². The minimum absolute atomic E-state index is 0.00383. The average Bonchev–Trinajstić information content (AvgIpc) is 3.08. The van der Waals surface area contributed by atoms with Gasteiger partial charge in [-0.05, 0) is 23.6 Å². The van der Waals surface area contributed by atoms with Crippen molar-refractivity contribution in [1.82, 2.24) is 0 Å². The van der Waals surface area contributed by atoms with Gasteiger partial charge in [-0.3, -0.25) is 0 Å². The van der Waals surface area contributed by atoms with Crippen molar-refractivity contribution in [3.05, 3.63) is 46.7 Å². The molecule has 2 heterocycles. The predicted molar refractivity (Wildman–Crippen MR) is 88.0 cm³/mol. The van der Waals surface area contributed by atoms with Crippen molar-refractivity contribution >= 4 is 11.3 Å². The molecule has 5 nitrogen and oxygen atoms in total. The zero-order valence-electron chi connectivity index (χ0n) is 12.9. The molecule has 6 heteroatoms. The molecule has 1 aliphatic rings. The Kier molecular flexibility index (Phi) is 5.87. The van der Waals surface area contributed by atoms with Crippen LogP contribution in [0, 0.1) is 0 Å². The number of thiophene rings is 1. The summed E-state index contributed by atoms with van der Waals surface area (Å²) in [4.78, 5) is 1.17. The summed E-state index contributed by atoms with van der Waals surface area (Å²) in [6.07, 6.45) is -0.476. The summed E-state index contributed by atoms with van der Waals surface area (Å²) in [5, 5.41) is 14.0. The topological polar surface area (TPSA) is 64.5 Å². The monoisotopic (exact) mass is 336 g/mol. The van der Waals surface area contributed by atoms with Gasteiger partial charge in [-0.1, -0.05) is 18.2 Å². The number of aliphatic hydroxyl groups is 1. The van der Waals surface area contributed by atoms with Crippen LogP contribution in [0.1, 0.15) is 4.88 Å². The molecule has 124 valence electrons. The number of para-hydroxylation sites is 2. The van der Waals surface area contributed by atoms with E-state index < -0.39 is 6.10 Å². The van der Waals surface area contributed by atoms with Crippen LogP contribution in [-0.4, -0.2) is 43.6 Å². The largest absolute Gasteiger partial charge is 0.486 e. The second-order valence-corrected chi connectivity index (χ2v) is 6.54. The van der Waals surface area contributed by atoms with Gasteiger partial charge in [0.1, 0.15) is 25.8 Å². The van der Waals surface area contributed by atoms with Crippen LogP contribution in [0.3, 0.4) is 0 Å². The second kappa shape index (κ2) is 8.31. The molecule has 0 saturated carbocycles. The number of rotatable bonds is 8. The van der Waals surface area contributed by atoms with E-state index in [0.717, 1.165) is 18.0 Å². The highest BCUT2D eigenvalue weighted by molar-refractivity contribution is 7.09. The van der Waals surface area contributed by atoms with Gasteiger partial charge in [-0.25, -0.2) is 0 Å². The Labute approximate surface area is 139 Å². The third-order valence-electron chi connectivity index (χ3n) is 3.57. The first kappa shape index (κ1) is 16.3. The molecule has 1 aromatic heterocycles. The molecule has 0 radical (unpaired) electrons. The maximum absolute atomic E-state index is 9.94. The number of ether oxygens (including phenoxy) is 3. The van der Waals surface area contributed by atoms with E-state index in [1.165, 1.54) is 4.88 Å². The highest BCUT2D eigenvalue weighted by Crippen LogP contribution is 2.30. The third-order valence-corrected chi connectivity index (χ3v) is 4.42. The number of fused-ring (bicyclic) bond motifs is 1. The van der Waals surface area contributed by atoms with Crippen LogP contribution in [0.25, 0.3) is 0 Å². The summed E-state index contributed by atoms with van der Waals surface area (Å²) >= 11 is 1.66. The number of quaternary nitrogens is 1. The zero-order chi connectivity index (χ0) is 15.9. The molecule has 2 aromatic rings. The standard InChI is InChI=1S/C17H21NO4S/c19-13(10-20-12-15-4-3-7-23-15)8-18-9-14-11-21-16-5-1-2-6-17(16)22-14/h1-7,13-14,18-19H,8-12H2/p+1/t13-,14-/m1/s1. The molecule has 1 aromatic carbocycles. The quantitative estimate of drug-likeness (QED) is 0.756. The van der Waals surface area contributed by atoms with Crippen LogP contribution >= 0.6 is 11.3 Å². The lowest BCUT2D eigenvalue weighted by molar-refractivity contribution is -0.666. The van der Waals surface area contributed by atoms with Crippen molar-refractivity contribution in [1.29, 1.82) is 0 Å². The van der Waals surface area contributed by atoms with E-state index in [1.807, 2.05) is 47.1 Å². The van der Waals surface area contributed by atoms with Gasteiger partial charge in [0.25, 0.3) is 0 Å². The fraction of sp³-hybridized carbons (Fsp3) is 0.412. The maximum atomic E-state index is 9.94. The first-order chi connectivity index (χ1) is 11.3. The summed E-state index contributed by atoms with van der Waals surface area (Å²) in [6, 6.07) is 11.7. The lowest BCUT2D eigenvalue weighted by Gasteiger charge is -2.25. The Morgan fingerprint density at radius 3 is 2.96 bits per heavy atom. The molecule has 2 atom stereocenters. The fourth-order valence-corrected chi connectivity index (χ4v) is 3.05. The molecule has 1 aliphatic heterocycles. The molecule has 0 bridgehead atoms. The van der Waals surface area contributed by atoms with Gasteiger partial charge in [0, 0.05) is 4.88 Å². The van der Waals surface area contributed by atoms with Crippen molar-refractivity contribution in [2.45, 2.75) is 18.8 Å². The molecule has 0 saturated heterocycles. The van der Waals surface area contributed by atoms with E-state index in [-0.39, 0.29) is 6.10 Å². The molecular formula is C17H22NO4S+. The average molecular weight is 336 g/mol. The van der Waals surface area contributed by atoms with E-state index in [9.17, 15) is 5.11 Å². The van der Waals surface area contributed by atoms with Crippen molar-refractivity contribution in [2.75, 3.05) is 26.3 Å². The van der Waals surface area contributed by atoms with E-state index in [2.05, 4.69) is 0 Å². The van der Waals surface area contributed by atoms with Gasteiger partial charge in [0.2, 0.25) is 0 Å². The Morgan fingerprint density at radius 1 is 1.26 bits per heavy atom. The first-order valence-corrected chi connectivity index (χ1v) is 8.67. The summed E-state index contributed by atoms with van der Waals surface area (Å²) < 4.78 is 17.1. The van der Waals surface area contributed by atoms with Gasteiger partial charge in [-0.15, -0.1) is 11.3 Å². The van der Waals surface area contributed by atoms with Crippen LogP contribution in [0.5, 0.6) is 11.5 Å². The number of hydrogen-bond acceptors (Lipinski definition) is 5. The van der Waals surface area contributed by atoms with Crippen molar-refractivity contribution in [3.8, 4) is 11.5 Å². The van der Waals surface area contributed by atoms with Crippen LogP contribution in [0.2, 0.25) is 0 Å². The molecule has 3 N–H and O–H groups in total. The van der Waals surface area contributed by atoms with Gasteiger partial charge < -0.3 is 24.6 Å². The Morgan fingerprint density at radius 2 is 2.13 bits per heavy atom. The summed E-state index contributed by atoms with van der Waals surface area (Å²) in [7, 11) is 0. The maximum Gasteiger partial charge on any atom is 0.181 e. The summed E-state index contributed by atoms with van der Waals surface area (Å²) in [5.41, 5.74) is 0. The SMILES string of the molecule is O[C@H](C[NH2+]C[C@@H]1COc2ccccc2O1)COCc1cccs1. The second-order valence-electron chi connectivity index (χ2n) is 5.51. The van der Waals surface area contributed by atoms with Crippen molar-refractivity contribution in [3.63, 3.8) is 0 Å². The number of aliphatic hydroxyl groups excluding tert-OH is 1. The van der Waals surface area contributed by atoms with Gasteiger partial charge in [-0.2, -0.15) is 0 Å². The van der Waals surface area contributed by atoms with Crippen LogP contribution in [-0.2, 0) is 11.3 Å². The number of hydrogen-bond donors (Lipinski definition) is 2. The molecule has 0 fully saturated rings. The van der Waals surface area contributed by atoms with E-state index in [4.69, 9.17) is 14.2 Å².